The standard InChI is InChI=1S/C14H18N6O.ClH/c1-9-5-6-10(7-13(9)20-8-16-18-19-20)17-14(21)11-3-2-4-12(11)15;/h5-8,11-12H,2-4,15H2,1H3,(H,17,21);1H. The van der Waals surface area contributed by atoms with Crippen molar-refractivity contribution in [3.8, 4) is 5.69 Å². The third kappa shape index (κ3) is 3.26. The number of nitrogens with two attached hydrogens (primary N) is 1. The predicted molar refractivity (Wildman–Crippen MR) is 85.1 cm³/mol. The second-order valence-corrected chi connectivity index (χ2v) is 5.45. The molecule has 1 aromatic carbocycles. The summed E-state index contributed by atoms with van der Waals surface area (Å²) in [5.41, 5.74) is 8.57. The summed E-state index contributed by atoms with van der Waals surface area (Å²) >= 11 is 0. The fourth-order valence-corrected chi connectivity index (χ4v) is 2.75. The van der Waals surface area contributed by atoms with Crippen LogP contribution in [0.2, 0.25) is 0 Å². The van der Waals surface area contributed by atoms with Crippen LogP contribution in [0.1, 0.15) is 24.8 Å². The number of rotatable bonds is 3. The van der Waals surface area contributed by atoms with Crippen LogP contribution in [0.5, 0.6) is 0 Å². The minimum atomic E-state index is -0.0946. The van der Waals surface area contributed by atoms with E-state index in [1.54, 1.807) is 4.68 Å². The van der Waals surface area contributed by atoms with Gasteiger partial charge in [-0.2, -0.15) is 0 Å². The minimum Gasteiger partial charge on any atom is -0.327 e. The second-order valence-electron chi connectivity index (χ2n) is 5.45. The molecule has 1 aromatic heterocycles. The third-order valence-electron chi connectivity index (χ3n) is 3.98. The molecule has 1 amide bonds. The molecular weight excluding hydrogens is 304 g/mol. The number of carbonyl (C=O) groups excluding carboxylic acids is 1. The quantitative estimate of drug-likeness (QED) is 0.891. The van der Waals surface area contributed by atoms with Gasteiger partial charge in [0.1, 0.15) is 6.33 Å². The average molecular weight is 323 g/mol. The predicted octanol–water partition coefficient (Wildman–Crippen LogP) is 1.46. The highest BCUT2D eigenvalue weighted by atomic mass is 35.5. The minimum absolute atomic E-state index is 0. The molecule has 7 nitrogen and oxygen atoms in total. The van der Waals surface area contributed by atoms with Gasteiger partial charge in [-0.1, -0.05) is 12.5 Å². The first kappa shape index (κ1) is 16.4. The number of amides is 1. The number of anilines is 1. The molecule has 1 aliphatic rings. The number of halogens is 1. The lowest BCUT2D eigenvalue weighted by Gasteiger charge is -2.16. The molecule has 3 rings (SSSR count). The molecule has 1 saturated carbocycles. The summed E-state index contributed by atoms with van der Waals surface area (Å²) in [4.78, 5) is 12.3. The Bertz CT molecular complexity index is 645. The monoisotopic (exact) mass is 322 g/mol. The molecular formula is C14H19ClN6O. The first-order valence-corrected chi connectivity index (χ1v) is 7.05. The van der Waals surface area contributed by atoms with Gasteiger partial charge in [-0.3, -0.25) is 4.79 Å². The van der Waals surface area contributed by atoms with E-state index in [0.717, 1.165) is 36.2 Å². The Balaban J connectivity index is 0.00000176. The Morgan fingerprint density at radius 2 is 2.23 bits per heavy atom. The summed E-state index contributed by atoms with van der Waals surface area (Å²) < 4.78 is 1.58. The van der Waals surface area contributed by atoms with Crippen molar-refractivity contribution in [1.82, 2.24) is 20.2 Å². The fourth-order valence-electron chi connectivity index (χ4n) is 2.75. The smallest absolute Gasteiger partial charge is 0.229 e. The van der Waals surface area contributed by atoms with Crippen LogP contribution in [0.4, 0.5) is 5.69 Å². The Labute approximate surface area is 134 Å². The molecule has 8 heteroatoms. The lowest BCUT2D eigenvalue weighted by atomic mass is 10.0. The number of hydrogen-bond acceptors (Lipinski definition) is 5. The van der Waals surface area contributed by atoms with Crippen LogP contribution in [0.3, 0.4) is 0 Å². The molecule has 0 aliphatic heterocycles. The zero-order valence-electron chi connectivity index (χ0n) is 12.3. The molecule has 2 unspecified atom stereocenters. The summed E-state index contributed by atoms with van der Waals surface area (Å²) in [6.45, 7) is 1.97. The number of tetrazole rings is 1. The van der Waals surface area contributed by atoms with Crippen LogP contribution in [0, 0.1) is 12.8 Å². The van der Waals surface area contributed by atoms with Crippen LogP contribution < -0.4 is 11.1 Å². The van der Waals surface area contributed by atoms with Gasteiger partial charge in [0.25, 0.3) is 0 Å². The van der Waals surface area contributed by atoms with Gasteiger partial charge >= 0.3 is 0 Å². The van der Waals surface area contributed by atoms with E-state index in [2.05, 4.69) is 20.8 Å². The summed E-state index contributed by atoms with van der Waals surface area (Å²) in [6, 6.07) is 5.64. The van der Waals surface area contributed by atoms with E-state index in [9.17, 15) is 4.79 Å². The molecule has 1 aliphatic carbocycles. The molecule has 0 bridgehead atoms. The zero-order valence-corrected chi connectivity index (χ0v) is 13.1. The lowest BCUT2D eigenvalue weighted by Crippen LogP contribution is -2.34. The summed E-state index contributed by atoms with van der Waals surface area (Å²) in [6.07, 6.45) is 4.32. The van der Waals surface area contributed by atoms with E-state index < -0.39 is 0 Å². The highest BCUT2D eigenvalue weighted by Gasteiger charge is 2.30. The molecule has 1 heterocycles. The van der Waals surface area contributed by atoms with Crippen LogP contribution in [-0.2, 0) is 4.79 Å². The number of carbonyl (C=O) groups is 1. The SMILES string of the molecule is Cc1ccc(NC(=O)C2CCCC2N)cc1-n1cnnn1.Cl. The van der Waals surface area contributed by atoms with Gasteiger partial charge in [0.05, 0.1) is 11.6 Å². The highest BCUT2D eigenvalue weighted by molar-refractivity contribution is 5.93. The zero-order chi connectivity index (χ0) is 14.8. The molecule has 22 heavy (non-hydrogen) atoms. The Hall–Kier alpha value is -1.99. The van der Waals surface area contributed by atoms with Crippen molar-refractivity contribution in [2.75, 3.05) is 5.32 Å². The van der Waals surface area contributed by atoms with Gasteiger partial charge in [0, 0.05) is 11.7 Å². The molecule has 0 radical (unpaired) electrons. The number of aromatic nitrogens is 4. The summed E-state index contributed by atoms with van der Waals surface area (Å²) in [5, 5.41) is 14.1. The van der Waals surface area contributed by atoms with E-state index in [1.807, 2.05) is 25.1 Å². The van der Waals surface area contributed by atoms with Gasteiger partial charge in [0.15, 0.2) is 0 Å². The number of nitrogens with zero attached hydrogens (tertiary/aromatic N) is 4. The van der Waals surface area contributed by atoms with Crippen LogP contribution in [0.25, 0.3) is 5.69 Å². The van der Waals surface area contributed by atoms with Crippen LogP contribution in [0.15, 0.2) is 24.5 Å². The number of hydrogen-bond donors (Lipinski definition) is 2. The maximum absolute atomic E-state index is 12.3. The number of benzene rings is 1. The Morgan fingerprint density at radius 1 is 1.41 bits per heavy atom. The van der Waals surface area contributed by atoms with Crippen molar-refractivity contribution >= 4 is 24.0 Å². The van der Waals surface area contributed by atoms with Crippen molar-refractivity contribution < 1.29 is 4.79 Å². The Morgan fingerprint density at radius 3 is 2.86 bits per heavy atom. The first-order chi connectivity index (χ1) is 10.1. The molecule has 2 atom stereocenters. The van der Waals surface area contributed by atoms with Crippen LogP contribution in [-0.4, -0.2) is 32.2 Å². The van der Waals surface area contributed by atoms with E-state index in [4.69, 9.17) is 5.73 Å². The molecule has 0 spiro atoms. The van der Waals surface area contributed by atoms with Crippen molar-refractivity contribution in [3.05, 3.63) is 30.1 Å². The van der Waals surface area contributed by atoms with E-state index >= 15 is 0 Å². The van der Waals surface area contributed by atoms with Crippen LogP contribution >= 0.6 is 12.4 Å². The van der Waals surface area contributed by atoms with Crippen molar-refractivity contribution in [2.24, 2.45) is 11.7 Å². The van der Waals surface area contributed by atoms with Gasteiger partial charge in [-0.05, 0) is 47.9 Å². The largest absolute Gasteiger partial charge is 0.327 e. The highest BCUT2D eigenvalue weighted by Crippen LogP contribution is 2.26. The van der Waals surface area contributed by atoms with Crippen molar-refractivity contribution in [2.45, 2.75) is 32.2 Å². The average Bonchev–Trinajstić information content (AvgIpc) is 3.12. The number of aryl methyl sites for hydroxylation is 1. The maximum Gasteiger partial charge on any atom is 0.229 e. The maximum atomic E-state index is 12.3. The summed E-state index contributed by atoms with van der Waals surface area (Å²) in [5.74, 6) is -0.102. The lowest BCUT2D eigenvalue weighted by molar-refractivity contribution is -0.120. The topological polar surface area (TPSA) is 98.7 Å². The van der Waals surface area contributed by atoms with E-state index in [-0.39, 0.29) is 30.3 Å². The first-order valence-electron chi connectivity index (χ1n) is 7.05. The normalized spacial score (nSPS) is 20.5. The molecule has 0 saturated heterocycles. The van der Waals surface area contributed by atoms with Crippen molar-refractivity contribution in [3.63, 3.8) is 0 Å². The van der Waals surface area contributed by atoms with Crippen molar-refractivity contribution in [1.29, 1.82) is 0 Å². The van der Waals surface area contributed by atoms with E-state index in [0.29, 0.717) is 0 Å². The van der Waals surface area contributed by atoms with Gasteiger partial charge in [0.2, 0.25) is 5.91 Å². The molecule has 118 valence electrons. The van der Waals surface area contributed by atoms with Gasteiger partial charge < -0.3 is 11.1 Å². The summed E-state index contributed by atoms with van der Waals surface area (Å²) in [7, 11) is 0. The second kappa shape index (κ2) is 6.85. The van der Waals surface area contributed by atoms with Gasteiger partial charge in [-0.25, -0.2) is 4.68 Å². The molecule has 2 aromatic rings. The third-order valence-corrected chi connectivity index (χ3v) is 3.98. The molecule has 1 fully saturated rings. The molecule has 3 N–H and O–H groups in total. The van der Waals surface area contributed by atoms with Gasteiger partial charge in [-0.15, -0.1) is 17.5 Å². The fraction of sp³-hybridized carbons (Fsp3) is 0.429. The van der Waals surface area contributed by atoms with E-state index in [1.165, 1.54) is 6.33 Å². The Kier molecular flexibility index (Phi) is 5.10. The number of nitrogens with one attached hydrogen (secondary N) is 1.